The normalized spacial score (nSPS) is 11.4. The van der Waals surface area contributed by atoms with E-state index in [1.807, 2.05) is 0 Å². The van der Waals surface area contributed by atoms with Crippen LogP contribution in [0.4, 0.5) is 4.39 Å². The number of hydrogen-bond acceptors (Lipinski definition) is 1. The van der Waals surface area contributed by atoms with Crippen LogP contribution in [0, 0.1) is 11.2 Å². The maximum Gasteiger partial charge on any atom is 0.123 e. The largest absolute Gasteiger partial charge is 0.493 e. The SMILES string of the molecule is CC(C)(CBr)COc1ccc(F)cc1. The van der Waals surface area contributed by atoms with Crippen molar-refractivity contribution in [2.45, 2.75) is 13.8 Å². The number of hydrogen-bond donors (Lipinski definition) is 0. The summed E-state index contributed by atoms with van der Waals surface area (Å²) in [6.07, 6.45) is 0. The lowest BCUT2D eigenvalue weighted by molar-refractivity contribution is 0.203. The van der Waals surface area contributed by atoms with Crippen molar-refractivity contribution in [3.8, 4) is 5.75 Å². The summed E-state index contributed by atoms with van der Waals surface area (Å²) in [5, 5.41) is 0.876. The molecule has 0 aliphatic carbocycles. The van der Waals surface area contributed by atoms with Gasteiger partial charge in [-0.2, -0.15) is 0 Å². The molecule has 1 aromatic carbocycles. The Balaban J connectivity index is 2.50. The number of ether oxygens (including phenoxy) is 1. The summed E-state index contributed by atoms with van der Waals surface area (Å²) in [4.78, 5) is 0. The third kappa shape index (κ3) is 3.66. The van der Waals surface area contributed by atoms with Gasteiger partial charge in [0.05, 0.1) is 6.61 Å². The van der Waals surface area contributed by atoms with E-state index in [-0.39, 0.29) is 11.2 Å². The lowest BCUT2D eigenvalue weighted by Crippen LogP contribution is -2.22. The smallest absolute Gasteiger partial charge is 0.123 e. The summed E-state index contributed by atoms with van der Waals surface area (Å²) in [5.41, 5.74) is 0.0917. The summed E-state index contributed by atoms with van der Waals surface area (Å²) in [6, 6.07) is 6.08. The summed E-state index contributed by atoms with van der Waals surface area (Å²) in [5.74, 6) is 0.470. The molecule has 0 fully saturated rings. The van der Waals surface area contributed by atoms with Gasteiger partial charge in [-0.1, -0.05) is 29.8 Å². The molecule has 0 aliphatic rings. The molecule has 78 valence electrons. The van der Waals surface area contributed by atoms with Crippen LogP contribution in [0.2, 0.25) is 0 Å². The Labute approximate surface area is 92.4 Å². The van der Waals surface area contributed by atoms with Gasteiger partial charge in [-0.15, -0.1) is 0 Å². The Morgan fingerprint density at radius 2 is 1.86 bits per heavy atom. The van der Waals surface area contributed by atoms with Crippen molar-refractivity contribution in [1.29, 1.82) is 0 Å². The first-order chi connectivity index (χ1) is 6.53. The van der Waals surface area contributed by atoms with E-state index in [4.69, 9.17) is 4.74 Å². The predicted octanol–water partition coefficient (Wildman–Crippen LogP) is 3.63. The maximum atomic E-state index is 12.6. The first-order valence-electron chi connectivity index (χ1n) is 4.48. The summed E-state index contributed by atoms with van der Waals surface area (Å²) in [6.45, 7) is 4.82. The molecule has 3 heteroatoms. The third-order valence-electron chi connectivity index (χ3n) is 1.80. The van der Waals surface area contributed by atoms with E-state index in [0.29, 0.717) is 12.4 Å². The molecule has 0 amide bonds. The van der Waals surface area contributed by atoms with Gasteiger partial charge < -0.3 is 4.74 Å². The zero-order chi connectivity index (χ0) is 10.6. The summed E-state index contributed by atoms with van der Waals surface area (Å²) in [7, 11) is 0. The number of alkyl halides is 1. The van der Waals surface area contributed by atoms with E-state index in [2.05, 4.69) is 29.8 Å². The molecule has 0 heterocycles. The van der Waals surface area contributed by atoms with E-state index >= 15 is 0 Å². The second-order valence-electron chi connectivity index (χ2n) is 4.04. The molecule has 0 saturated carbocycles. The first kappa shape index (κ1) is 11.5. The van der Waals surface area contributed by atoms with Crippen molar-refractivity contribution in [2.75, 3.05) is 11.9 Å². The molecular formula is C11H14BrFO. The Morgan fingerprint density at radius 3 is 2.36 bits per heavy atom. The van der Waals surface area contributed by atoms with Gasteiger partial charge >= 0.3 is 0 Å². The van der Waals surface area contributed by atoms with Crippen LogP contribution in [0.3, 0.4) is 0 Å². The number of halogens is 2. The highest BCUT2D eigenvalue weighted by Gasteiger charge is 2.16. The molecule has 0 radical (unpaired) electrons. The average molecular weight is 261 g/mol. The Morgan fingerprint density at radius 1 is 1.29 bits per heavy atom. The first-order valence-corrected chi connectivity index (χ1v) is 5.60. The van der Waals surface area contributed by atoms with Gasteiger partial charge in [0.1, 0.15) is 11.6 Å². The molecular weight excluding hydrogens is 247 g/mol. The van der Waals surface area contributed by atoms with E-state index in [0.717, 1.165) is 5.33 Å². The van der Waals surface area contributed by atoms with E-state index in [1.165, 1.54) is 12.1 Å². The van der Waals surface area contributed by atoms with Gasteiger partial charge in [0.2, 0.25) is 0 Å². The van der Waals surface area contributed by atoms with Crippen molar-refractivity contribution < 1.29 is 9.13 Å². The predicted molar refractivity (Wildman–Crippen MR) is 59.5 cm³/mol. The van der Waals surface area contributed by atoms with Gasteiger partial charge in [-0.25, -0.2) is 4.39 Å². The van der Waals surface area contributed by atoms with Crippen LogP contribution < -0.4 is 4.74 Å². The average Bonchev–Trinajstić information content (AvgIpc) is 2.17. The fraction of sp³-hybridized carbons (Fsp3) is 0.455. The van der Waals surface area contributed by atoms with Gasteiger partial charge in [0.25, 0.3) is 0 Å². The molecule has 0 aliphatic heterocycles. The highest BCUT2D eigenvalue weighted by atomic mass is 79.9. The third-order valence-corrected chi connectivity index (χ3v) is 3.32. The lowest BCUT2D eigenvalue weighted by atomic mass is 9.98. The molecule has 0 spiro atoms. The van der Waals surface area contributed by atoms with Crippen molar-refractivity contribution in [2.24, 2.45) is 5.41 Å². The molecule has 0 bridgehead atoms. The van der Waals surface area contributed by atoms with Crippen LogP contribution in [0.25, 0.3) is 0 Å². The Bertz CT molecular complexity index is 282. The maximum absolute atomic E-state index is 12.6. The van der Waals surface area contributed by atoms with Crippen LogP contribution >= 0.6 is 15.9 Å². The zero-order valence-electron chi connectivity index (χ0n) is 8.39. The molecule has 0 atom stereocenters. The lowest BCUT2D eigenvalue weighted by Gasteiger charge is -2.21. The summed E-state index contributed by atoms with van der Waals surface area (Å²) < 4.78 is 18.1. The second kappa shape index (κ2) is 4.78. The van der Waals surface area contributed by atoms with Crippen LogP contribution in [-0.2, 0) is 0 Å². The summed E-state index contributed by atoms with van der Waals surface area (Å²) >= 11 is 3.42. The van der Waals surface area contributed by atoms with Crippen molar-refractivity contribution in [3.63, 3.8) is 0 Å². The molecule has 0 N–H and O–H groups in total. The highest BCUT2D eigenvalue weighted by Crippen LogP contribution is 2.20. The highest BCUT2D eigenvalue weighted by molar-refractivity contribution is 9.09. The Kier molecular flexibility index (Phi) is 3.93. The van der Waals surface area contributed by atoms with E-state index < -0.39 is 0 Å². The molecule has 0 aromatic heterocycles. The van der Waals surface area contributed by atoms with Crippen LogP contribution in [0.5, 0.6) is 5.75 Å². The molecule has 0 saturated heterocycles. The van der Waals surface area contributed by atoms with Crippen molar-refractivity contribution in [1.82, 2.24) is 0 Å². The second-order valence-corrected chi connectivity index (χ2v) is 4.60. The minimum atomic E-state index is -0.239. The van der Waals surface area contributed by atoms with Gasteiger partial charge in [-0.05, 0) is 24.3 Å². The van der Waals surface area contributed by atoms with Crippen molar-refractivity contribution >= 4 is 15.9 Å². The molecule has 1 aromatic rings. The van der Waals surface area contributed by atoms with E-state index in [1.54, 1.807) is 12.1 Å². The van der Waals surface area contributed by atoms with Crippen LogP contribution in [0.15, 0.2) is 24.3 Å². The quantitative estimate of drug-likeness (QED) is 0.752. The number of rotatable bonds is 4. The van der Waals surface area contributed by atoms with Crippen LogP contribution in [0.1, 0.15) is 13.8 Å². The van der Waals surface area contributed by atoms with E-state index in [9.17, 15) is 4.39 Å². The fourth-order valence-corrected chi connectivity index (χ4v) is 1.01. The van der Waals surface area contributed by atoms with Gasteiger partial charge in [0.15, 0.2) is 0 Å². The Hall–Kier alpha value is -0.570. The number of benzene rings is 1. The fourth-order valence-electron chi connectivity index (χ4n) is 0.848. The van der Waals surface area contributed by atoms with Gasteiger partial charge in [-0.3, -0.25) is 0 Å². The molecule has 1 nitrogen and oxygen atoms in total. The molecule has 1 rings (SSSR count). The molecule has 0 unspecified atom stereocenters. The topological polar surface area (TPSA) is 9.23 Å². The van der Waals surface area contributed by atoms with Gasteiger partial charge in [0, 0.05) is 10.7 Å². The van der Waals surface area contributed by atoms with Crippen LogP contribution in [-0.4, -0.2) is 11.9 Å². The minimum absolute atomic E-state index is 0.0917. The minimum Gasteiger partial charge on any atom is -0.493 e. The van der Waals surface area contributed by atoms with Crippen molar-refractivity contribution in [3.05, 3.63) is 30.1 Å². The standard InChI is InChI=1S/C11H14BrFO/c1-11(2,7-12)8-14-10-5-3-9(13)4-6-10/h3-6H,7-8H2,1-2H3. The molecule has 14 heavy (non-hydrogen) atoms. The zero-order valence-corrected chi connectivity index (χ0v) is 9.97. The monoisotopic (exact) mass is 260 g/mol.